The maximum atomic E-state index is 11.5. The van der Waals surface area contributed by atoms with Crippen molar-refractivity contribution < 1.29 is 9.53 Å². The minimum absolute atomic E-state index is 0.394. The molecule has 0 aliphatic carbocycles. The van der Waals surface area contributed by atoms with E-state index in [0.717, 1.165) is 31.2 Å². The second kappa shape index (κ2) is 11.0. The number of rotatable bonds is 10. The molecule has 0 aliphatic rings. The van der Waals surface area contributed by atoms with E-state index < -0.39 is 5.97 Å². The van der Waals surface area contributed by atoms with Crippen LogP contribution in [0.2, 0.25) is 0 Å². The lowest BCUT2D eigenvalue weighted by atomic mass is 9.89. The molecule has 22 heavy (non-hydrogen) atoms. The van der Waals surface area contributed by atoms with E-state index in [1.807, 2.05) is 18.2 Å². The van der Waals surface area contributed by atoms with Crippen LogP contribution in [0.25, 0.3) is 0 Å². The fourth-order valence-corrected chi connectivity index (χ4v) is 3.20. The summed E-state index contributed by atoms with van der Waals surface area (Å²) >= 11 is 7.03. The Bertz CT molecular complexity index is 472. The van der Waals surface area contributed by atoms with Gasteiger partial charge >= 0.3 is 5.97 Å². The molecule has 0 N–H and O–H groups in total. The van der Waals surface area contributed by atoms with Crippen molar-refractivity contribution in [1.82, 2.24) is 0 Å². The van der Waals surface area contributed by atoms with Crippen LogP contribution in [0.5, 0.6) is 5.75 Å². The van der Waals surface area contributed by atoms with Gasteiger partial charge in [0.15, 0.2) is 0 Å². The first-order valence-corrected chi connectivity index (χ1v) is 9.62. The lowest BCUT2D eigenvalue weighted by Crippen LogP contribution is -2.08. The molecule has 1 atom stereocenters. The first-order chi connectivity index (χ1) is 10.6. The zero-order chi connectivity index (χ0) is 16.4. The van der Waals surface area contributed by atoms with Gasteiger partial charge in [-0.2, -0.15) is 0 Å². The SMILES string of the molecule is C=CC(=O)Oc1ccccc1C(CCC)CCCCC(Br)Br. The highest BCUT2D eigenvalue weighted by atomic mass is 79.9. The Kier molecular flexibility index (Phi) is 9.73. The average molecular weight is 432 g/mol. The predicted octanol–water partition coefficient (Wildman–Crippen LogP) is 6.34. The standard InChI is InChI=1S/C18H24Br2O2/c1-3-9-14(10-5-8-13-17(19)20)15-11-6-7-12-16(15)22-18(21)4-2/h4,6-7,11-12,14,17H,2-3,5,8-10,13H2,1H3. The van der Waals surface area contributed by atoms with E-state index in [9.17, 15) is 4.79 Å². The molecule has 0 aliphatic heterocycles. The number of hydrogen-bond donors (Lipinski definition) is 0. The number of hydrogen-bond acceptors (Lipinski definition) is 2. The number of unbranched alkanes of at least 4 members (excludes halogenated alkanes) is 1. The van der Waals surface area contributed by atoms with Crippen molar-refractivity contribution in [2.75, 3.05) is 0 Å². The van der Waals surface area contributed by atoms with Gasteiger partial charge in [-0.1, -0.05) is 82.8 Å². The van der Waals surface area contributed by atoms with Crippen LogP contribution in [0.3, 0.4) is 0 Å². The van der Waals surface area contributed by atoms with Gasteiger partial charge in [0.1, 0.15) is 5.75 Å². The molecule has 0 heterocycles. The second-order valence-corrected chi connectivity index (χ2v) is 8.76. The highest BCUT2D eigenvalue weighted by molar-refractivity contribution is 9.24. The van der Waals surface area contributed by atoms with Gasteiger partial charge in [0, 0.05) is 6.08 Å². The van der Waals surface area contributed by atoms with E-state index in [0.29, 0.717) is 15.4 Å². The minimum Gasteiger partial charge on any atom is -0.423 e. The van der Waals surface area contributed by atoms with Crippen molar-refractivity contribution in [3.05, 3.63) is 42.5 Å². The highest BCUT2D eigenvalue weighted by Gasteiger charge is 2.16. The van der Waals surface area contributed by atoms with Crippen molar-refractivity contribution in [2.45, 2.75) is 55.1 Å². The molecule has 2 nitrogen and oxygen atoms in total. The Morgan fingerprint density at radius 2 is 1.91 bits per heavy atom. The van der Waals surface area contributed by atoms with Crippen LogP contribution in [0.4, 0.5) is 0 Å². The summed E-state index contributed by atoms with van der Waals surface area (Å²) in [6.07, 6.45) is 8.01. The third-order valence-corrected chi connectivity index (χ3v) is 4.51. The van der Waals surface area contributed by atoms with Crippen LogP contribution in [-0.2, 0) is 4.79 Å². The third kappa shape index (κ3) is 7.10. The zero-order valence-electron chi connectivity index (χ0n) is 13.1. The zero-order valence-corrected chi connectivity index (χ0v) is 16.2. The van der Waals surface area contributed by atoms with E-state index in [1.54, 1.807) is 0 Å². The van der Waals surface area contributed by atoms with Crippen LogP contribution in [-0.4, -0.2) is 9.71 Å². The fraction of sp³-hybridized carbons (Fsp3) is 0.500. The summed E-state index contributed by atoms with van der Waals surface area (Å²) in [5.41, 5.74) is 1.13. The fourth-order valence-electron chi connectivity index (χ4n) is 2.55. The molecule has 0 amide bonds. The smallest absolute Gasteiger partial charge is 0.335 e. The van der Waals surface area contributed by atoms with Crippen molar-refractivity contribution in [2.24, 2.45) is 0 Å². The molecule has 1 aromatic rings. The molecular weight excluding hydrogens is 408 g/mol. The molecule has 0 radical (unpaired) electrons. The van der Waals surface area contributed by atoms with Crippen molar-refractivity contribution in [1.29, 1.82) is 0 Å². The molecule has 122 valence electrons. The molecule has 1 aromatic carbocycles. The highest BCUT2D eigenvalue weighted by Crippen LogP contribution is 2.34. The second-order valence-electron chi connectivity index (χ2n) is 5.32. The van der Waals surface area contributed by atoms with Crippen molar-refractivity contribution >= 4 is 37.8 Å². The van der Waals surface area contributed by atoms with Gasteiger partial charge in [-0.25, -0.2) is 4.79 Å². The summed E-state index contributed by atoms with van der Waals surface area (Å²) < 4.78 is 5.79. The van der Waals surface area contributed by atoms with Crippen LogP contribution in [0.1, 0.15) is 56.9 Å². The van der Waals surface area contributed by atoms with Gasteiger partial charge < -0.3 is 4.74 Å². The van der Waals surface area contributed by atoms with Gasteiger partial charge in [-0.15, -0.1) is 0 Å². The lowest BCUT2D eigenvalue weighted by molar-refractivity contribution is -0.129. The first kappa shape index (κ1) is 19.4. The normalized spacial score (nSPS) is 12.2. The van der Waals surface area contributed by atoms with Crippen LogP contribution in [0, 0.1) is 0 Å². The summed E-state index contributed by atoms with van der Waals surface area (Å²) in [4.78, 5) is 11.5. The molecule has 0 bridgehead atoms. The average Bonchev–Trinajstić information content (AvgIpc) is 2.50. The lowest BCUT2D eigenvalue weighted by Gasteiger charge is -2.19. The maximum absolute atomic E-state index is 11.5. The summed E-state index contributed by atoms with van der Waals surface area (Å²) in [7, 11) is 0. The molecule has 0 spiro atoms. The maximum Gasteiger partial charge on any atom is 0.335 e. The monoisotopic (exact) mass is 430 g/mol. The van der Waals surface area contributed by atoms with E-state index in [4.69, 9.17) is 4.74 Å². The molecule has 0 saturated heterocycles. The van der Waals surface area contributed by atoms with Crippen LogP contribution in [0.15, 0.2) is 36.9 Å². The van der Waals surface area contributed by atoms with Gasteiger partial charge in [0.25, 0.3) is 0 Å². The van der Waals surface area contributed by atoms with E-state index in [1.165, 1.54) is 18.9 Å². The number of carbonyl (C=O) groups excluding carboxylic acids is 1. The molecule has 1 rings (SSSR count). The number of ether oxygens (including phenoxy) is 1. The van der Waals surface area contributed by atoms with E-state index >= 15 is 0 Å². The number of para-hydroxylation sites is 1. The van der Waals surface area contributed by atoms with Crippen LogP contribution < -0.4 is 4.74 Å². The van der Waals surface area contributed by atoms with Gasteiger partial charge in [-0.05, 0) is 36.8 Å². The quantitative estimate of drug-likeness (QED) is 0.142. The molecule has 0 saturated carbocycles. The van der Waals surface area contributed by atoms with E-state index in [-0.39, 0.29) is 0 Å². The summed E-state index contributed by atoms with van der Waals surface area (Å²) in [5.74, 6) is 0.705. The van der Waals surface area contributed by atoms with Gasteiger partial charge in [0.05, 0.1) is 3.74 Å². The third-order valence-electron chi connectivity index (χ3n) is 3.60. The topological polar surface area (TPSA) is 26.3 Å². The van der Waals surface area contributed by atoms with Crippen molar-refractivity contribution in [3.63, 3.8) is 0 Å². The summed E-state index contributed by atoms with van der Waals surface area (Å²) in [5, 5.41) is 0. The largest absolute Gasteiger partial charge is 0.423 e. The van der Waals surface area contributed by atoms with Crippen molar-refractivity contribution in [3.8, 4) is 5.75 Å². The molecule has 1 unspecified atom stereocenters. The molecule has 0 aromatic heterocycles. The summed E-state index contributed by atoms with van der Waals surface area (Å²) in [6, 6.07) is 7.85. The Morgan fingerprint density at radius 1 is 1.23 bits per heavy atom. The van der Waals surface area contributed by atoms with Gasteiger partial charge in [-0.3, -0.25) is 0 Å². The number of esters is 1. The number of alkyl halides is 2. The Labute approximate surface area is 150 Å². The summed E-state index contributed by atoms with van der Waals surface area (Å²) in [6.45, 7) is 5.65. The van der Waals surface area contributed by atoms with E-state index in [2.05, 4.69) is 51.4 Å². The minimum atomic E-state index is -0.399. The molecular formula is C18H24Br2O2. The number of halogens is 2. The number of benzene rings is 1. The number of carbonyl (C=O) groups is 1. The van der Waals surface area contributed by atoms with Crippen LogP contribution >= 0.6 is 31.9 Å². The predicted molar refractivity (Wildman–Crippen MR) is 100 cm³/mol. The Balaban J connectivity index is 2.77. The molecule has 0 fully saturated rings. The first-order valence-electron chi connectivity index (χ1n) is 7.79. The van der Waals surface area contributed by atoms with Gasteiger partial charge in [0.2, 0.25) is 0 Å². The Hall–Kier alpha value is -0.610. The Morgan fingerprint density at radius 3 is 2.55 bits per heavy atom. The molecule has 4 heteroatoms.